The molecule has 1 heterocycles. The molecule has 1 N–H and O–H groups in total. The summed E-state index contributed by atoms with van der Waals surface area (Å²) in [6.45, 7) is 6.31. The molecule has 0 aliphatic carbocycles. The molecule has 20 heavy (non-hydrogen) atoms. The number of hydrogen-bond donors (Lipinski definition) is 1. The lowest BCUT2D eigenvalue weighted by molar-refractivity contribution is 0.364. The minimum atomic E-state index is 0.207. The van der Waals surface area contributed by atoms with Crippen LogP contribution in [-0.4, -0.2) is 23.9 Å². The average Bonchev–Trinajstić information content (AvgIpc) is 2.79. The average molecular weight is 273 g/mol. The molecule has 4 nitrogen and oxygen atoms in total. The van der Waals surface area contributed by atoms with Gasteiger partial charge < -0.3 is 10.1 Å². The highest BCUT2D eigenvalue weighted by Crippen LogP contribution is 2.28. The van der Waals surface area contributed by atoms with Crippen LogP contribution in [0.25, 0.3) is 0 Å². The van der Waals surface area contributed by atoms with Gasteiger partial charge in [-0.1, -0.05) is 12.1 Å². The summed E-state index contributed by atoms with van der Waals surface area (Å²) >= 11 is 0. The van der Waals surface area contributed by atoms with E-state index in [0.29, 0.717) is 0 Å². The molecule has 2 atom stereocenters. The Kier molecular flexibility index (Phi) is 4.45. The van der Waals surface area contributed by atoms with Crippen molar-refractivity contribution in [3.8, 4) is 5.75 Å². The van der Waals surface area contributed by atoms with Crippen LogP contribution in [0.5, 0.6) is 5.75 Å². The molecule has 0 radical (unpaired) electrons. The molecule has 1 aromatic heterocycles. The molecule has 0 saturated carbocycles. The normalized spacial score (nSPS) is 14.1. The fourth-order valence-electron chi connectivity index (χ4n) is 2.70. The number of benzene rings is 1. The summed E-state index contributed by atoms with van der Waals surface area (Å²) < 4.78 is 7.30. The van der Waals surface area contributed by atoms with E-state index < -0.39 is 0 Å². The second-order valence-corrected chi connectivity index (χ2v) is 5.15. The van der Waals surface area contributed by atoms with Gasteiger partial charge in [0, 0.05) is 5.69 Å². The fourth-order valence-corrected chi connectivity index (χ4v) is 2.70. The van der Waals surface area contributed by atoms with Crippen molar-refractivity contribution in [1.29, 1.82) is 0 Å². The fraction of sp³-hybridized carbons (Fsp3) is 0.438. The molecule has 4 heteroatoms. The highest BCUT2D eigenvalue weighted by atomic mass is 16.5. The van der Waals surface area contributed by atoms with Crippen LogP contribution in [0.2, 0.25) is 0 Å². The number of aryl methyl sites for hydroxylation is 2. The molecule has 2 aromatic rings. The maximum absolute atomic E-state index is 5.21. The topological polar surface area (TPSA) is 39.1 Å². The summed E-state index contributed by atoms with van der Waals surface area (Å²) in [5, 5.41) is 7.98. The summed E-state index contributed by atoms with van der Waals surface area (Å²) in [5.74, 6) is 0.877. The highest BCUT2D eigenvalue weighted by molar-refractivity contribution is 5.29. The monoisotopic (exact) mass is 273 g/mol. The van der Waals surface area contributed by atoms with Gasteiger partial charge in [0.15, 0.2) is 0 Å². The maximum Gasteiger partial charge on any atom is 0.118 e. The Balaban J connectivity index is 2.28. The Morgan fingerprint density at radius 3 is 2.30 bits per heavy atom. The number of methoxy groups -OCH3 is 1. The van der Waals surface area contributed by atoms with E-state index in [1.165, 1.54) is 11.3 Å². The van der Waals surface area contributed by atoms with Crippen LogP contribution >= 0.6 is 0 Å². The van der Waals surface area contributed by atoms with Gasteiger partial charge in [-0.05, 0) is 51.6 Å². The van der Waals surface area contributed by atoms with E-state index in [0.717, 1.165) is 11.4 Å². The maximum atomic E-state index is 5.21. The quantitative estimate of drug-likeness (QED) is 0.910. The summed E-state index contributed by atoms with van der Waals surface area (Å²) in [4.78, 5) is 0. The molecule has 0 saturated heterocycles. The molecule has 0 aliphatic rings. The van der Waals surface area contributed by atoms with Crippen molar-refractivity contribution in [3.05, 3.63) is 47.3 Å². The lowest BCUT2D eigenvalue weighted by Crippen LogP contribution is -2.27. The first-order valence-corrected chi connectivity index (χ1v) is 6.90. The summed E-state index contributed by atoms with van der Waals surface area (Å²) in [6, 6.07) is 10.7. The summed E-state index contributed by atoms with van der Waals surface area (Å²) in [5.41, 5.74) is 3.47. The third-order valence-corrected chi connectivity index (χ3v) is 3.70. The van der Waals surface area contributed by atoms with Gasteiger partial charge in [0.05, 0.1) is 24.9 Å². The Bertz CT molecular complexity index is 560. The van der Waals surface area contributed by atoms with E-state index in [2.05, 4.69) is 47.1 Å². The Hall–Kier alpha value is -1.81. The first-order chi connectivity index (χ1) is 9.56. The van der Waals surface area contributed by atoms with Crippen LogP contribution < -0.4 is 10.1 Å². The Morgan fingerprint density at radius 1 is 1.20 bits per heavy atom. The predicted molar refractivity (Wildman–Crippen MR) is 81.2 cm³/mol. The van der Waals surface area contributed by atoms with Crippen molar-refractivity contribution in [2.24, 2.45) is 0 Å². The van der Waals surface area contributed by atoms with Gasteiger partial charge in [-0.25, -0.2) is 0 Å². The molecule has 108 valence electrons. The van der Waals surface area contributed by atoms with E-state index in [1.807, 2.05) is 26.1 Å². The van der Waals surface area contributed by atoms with E-state index in [-0.39, 0.29) is 12.1 Å². The zero-order valence-corrected chi connectivity index (χ0v) is 12.8. The summed E-state index contributed by atoms with van der Waals surface area (Å²) in [7, 11) is 3.67. The van der Waals surface area contributed by atoms with Crippen LogP contribution in [-0.2, 0) is 0 Å². The van der Waals surface area contributed by atoms with E-state index in [9.17, 15) is 0 Å². The number of rotatable bonds is 5. The predicted octanol–water partition coefficient (Wildman–Crippen LogP) is 3.03. The van der Waals surface area contributed by atoms with Gasteiger partial charge in [-0.3, -0.25) is 4.68 Å². The smallest absolute Gasteiger partial charge is 0.118 e. The third kappa shape index (κ3) is 2.85. The molecular formula is C16H23N3O. The van der Waals surface area contributed by atoms with Crippen molar-refractivity contribution >= 4 is 0 Å². The Labute approximate surface area is 120 Å². The second-order valence-electron chi connectivity index (χ2n) is 5.15. The van der Waals surface area contributed by atoms with Gasteiger partial charge in [0.2, 0.25) is 0 Å². The molecule has 0 amide bonds. The molecule has 0 aliphatic heterocycles. The third-order valence-electron chi connectivity index (χ3n) is 3.70. The minimum absolute atomic E-state index is 0.207. The summed E-state index contributed by atoms with van der Waals surface area (Å²) in [6.07, 6.45) is 0. The van der Waals surface area contributed by atoms with E-state index in [4.69, 9.17) is 4.74 Å². The van der Waals surface area contributed by atoms with Crippen LogP contribution in [0, 0.1) is 13.8 Å². The number of nitrogens with one attached hydrogen (secondary N) is 1. The standard InChI is InChI=1S/C16H23N3O/c1-11-10-12(2)19(18-11)13(3)16(17-4)14-6-8-15(20-5)9-7-14/h6-10,13,16-17H,1-5H3. The molecule has 0 fully saturated rings. The largest absolute Gasteiger partial charge is 0.497 e. The molecular weight excluding hydrogens is 250 g/mol. The van der Waals surface area contributed by atoms with Crippen molar-refractivity contribution < 1.29 is 4.74 Å². The first-order valence-electron chi connectivity index (χ1n) is 6.90. The lowest BCUT2D eigenvalue weighted by atomic mass is 10.0. The number of aromatic nitrogens is 2. The molecule has 1 aromatic carbocycles. The van der Waals surface area contributed by atoms with Gasteiger partial charge in [-0.2, -0.15) is 5.10 Å². The first kappa shape index (κ1) is 14.6. The number of likely N-dealkylation sites (N-methyl/N-ethyl adjacent to an activating group) is 1. The highest BCUT2D eigenvalue weighted by Gasteiger charge is 2.21. The molecule has 0 bridgehead atoms. The van der Waals surface area contributed by atoms with Crippen LogP contribution in [0.1, 0.15) is 36.0 Å². The molecule has 2 rings (SSSR count). The number of nitrogens with zero attached hydrogens (tertiary/aromatic N) is 2. The SMILES string of the molecule is CNC(c1ccc(OC)cc1)C(C)n1nc(C)cc1C. The Morgan fingerprint density at radius 2 is 1.85 bits per heavy atom. The zero-order chi connectivity index (χ0) is 14.7. The van der Waals surface area contributed by atoms with Crippen LogP contribution in [0.15, 0.2) is 30.3 Å². The van der Waals surface area contributed by atoms with Crippen LogP contribution in [0.4, 0.5) is 0 Å². The van der Waals surface area contributed by atoms with Crippen molar-refractivity contribution in [1.82, 2.24) is 15.1 Å². The van der Waals surface area contributed by atoms with Gasteiger partial charge >= 0.3 is 0 Å². The van der Waals surface area contributed by atoms with E-state index >= 15 is 0 Å². The van der Waals surface area contributed by atoms with Crippen molar-refractivity contribution in [2.45, 2.75) is 32.9 Å². The zero-order valence-electron chi connectivity index (χ0n) is 12.8. The number of hydrogen-bond acceptors (Lipinski definition) is 3. The molecule has 2 unspecified atom stereocenters. The molecule has 0 spiro atoms. The van der Waals surface area contributed by atoms with Crippen LogP contribution in [0.3, 0.4) is 0 Å². The lowest BCUT2D eigenvalue weighted by Gasteiger charge is -2.25. The van der Waals surface area contributed by atoms with Gasteiger partial charge in [0.25, 0.3) is 0 Å². The van der Waals surface area contributed by atoms with Crippen molar-refractivity contribution in [3.63, 3.8) is 0 Å². The van der Waals surface area contributed by atoms with Gasteiger partial charge in [0.1, 0.15) is 5.75 Å². The second kappa shape index (κ2) is 6.09. The number of ether oxygens (including phenoxy) is 1. The van der Waals surface area contributed by atoms with Gasteiger partial charge in [-0.15, -0.1) is 0 Å². The van der Waals surface area contributed by atoms with Crippen molar-refractivity contribution in [2.75, 3.05) is 14.2 Å². The van der Waals surface area contributed by atoms with E-state index in [1.54, 1.807) is 7.11 Å². The minimum Gasteiger partial charge on any atom is -0.497 e.